The fraction of sp³-hybridized carbons (Fsp3) is 0.400. The van der Waals surface area contributed by atoms with Crippen molar-refractivity contribution in [3.05, 3.63) is 34.3 Å². The molecule has 0 aliphatic carbocycles. The van der Waals surface area contributed by atoms with Gasteiger partial charge in [-0.1, -0.05) is 29.3 Å². The minimum Gasteiger partial charge on any atom is -0.422 e. The van der Waals surface area contributed by atoms with Gasteiger partial charge in [0.2, 0.25) is 16.4 Å². The summed E-state index contributed by atoms with van der Waals surface area (Å²) >= 11 is 13.8. The zero-order chi connectivity index (χ0) is 25.5. The van der Waals surface area contributed by atoms with E-state index in [-0.39, 0.29) is 61.1 Å². The molecule has 3 heterocycles. The van der Waals surface area contributed by atoms with Crippen LogP contribution in [0.1, 0.15) is 37.2 Å². The van der Waals surface area contributed by atoms with Crippen LogP contribution in [-0.4, -0.2) is 59.5 Å². The van der Waals surface area contributed by atoms with Crippen LogP contribution >= 0.6 is 34.5 Å². The Bertz CT molecular complexity index is 1350. The third-order valence-electron chi connectivity index (χ3n) is 5.13. The van der Waals surface area contributed by atoms with Gasteiger partial charge in [-0.3, -0.25) is 4.79 Å². The van der Waals surface area contributed by atoms with Crippen LogP contribution < -0.4 is 4.72 Å². The topological polar surface area (TPSA) is 118 Å². The second kappa shape index (κ2) is 9.69. The Morgan fingerprint density at radius 2 is 1.91 bits per heavy atom. The number of aromatic nitrogens is 3. The van der Waals surface area contributed by atoms with Crippen LogP contribution in [0.2, 0.25) is 10.0 Å². The number of likely N-dealkylation sites (tertiary alicyclic amines) is 1. The van der Waals surface area contributed by atoms with Crippen LogP contribution in [0.5, 0.6) is 0 Å². The number of benzene rings is 1. The lowest BCUT2D eigenvalue weighted by atomic mass is 10.1. The second-order valence-electron chi connectivity index (χ2n) is 8.10. The fourth-order valence-corrected chi connectivity index (χ4v) is 6.67. The van der Waals surface area contributed by atoms with E-state index < -0.39 is 34.7 Å². The molecule has 4 rings (SSSR count). The number of piperidine rings is 1. The van der Waals surface area contributed by atoms with E-state index in [1.807, 2.05) is 0 Å². The van der Waals surface area contributed by atoms with Gasteiger partial charge in [0.05, 0.1) is 14.9 Å². The number of halogens is 4. The number of carbonyl (C=O) groups excluding carboxylic acids is 1. The Labute approximate surface area is 213 Å². The Hall–Kier alpha value is -2.19. The summed E-state index contributed by atoms with van der Waals surface area (Å²) < 4.78 is 60.2. The van der Waals surface area contributed by atoms with E-state index in [9.17, 15) is 22.0 Å². The first-order chi connectivity index (χ1) is 16.4. The number of hydrogen-bond acceptors (Lipinski definition) is 8. The minimum atomic E-state index is -3.95. The molecule has 1 amide bonds. The molecular formula is C20H19Cl2F2N5O4S2. The average molecular weight is 566 g/mol. The molecular weight excluding hydrogens is 547 g/mol. The normalized spacial score (nSPS) is 16.1. The zero-order valence-electron chi connectivity index (χ0n) is 18.4. The highest BCUT2D eigenvalue weighted by atomic mass is 35.5. The second-order valence-corrected chi connectivity index (χ2v) is 11.5. The maximum absolute atomic E-state index is 13.6. The smallest absolute Gasteiger partial charge is 0.276 e. The van der Waals surface area contributed by atoms with Crippen molar-refractivity contribution in [2.75, 3.05) is 13.1 Å². The van der Waals surface area contributed by atoms with Gasteiger partial charge in [-0.05, 0) is 19.9 Å². The predicted octanol–water partition coefficient (Wildman–Crippen LogP) is 4.72. The summed E-state index contributed by atoms with van der Waals surface area (Å²) in [6, 6.07) is 2.31. The third-order valence-corrected chi connectivity index (χ3v) is 8.90. The van der Waals surface area contributed by atoms with Crippen molar-refractivity contribution in [2.45, 2.75) is 43.5 Å². The lowest BCUT2D eigenvalue weighted by molar-refractivity contribution is -0.0494. The summed E-state index contributed by atoms with van der Waals surface area (Å²) in [6.07, 6.45) is 0.170. The molecule has 0 atom stereocenters. The van der Waals surface area contributed by atoms with E-state index in [4.69, 9.17) is 27.6 Å². The molecule has 0 radical (unpaired) electrons. The molecule has 1 saturated heterocycles. The quantitative estimate of drug-likeness (QED) is 0.459. The fourth-order valence-electron chi connectivity index (χ4n) is 3.48. The summed E-state index contributed by atoms with van der Waals surface area (Å²) in [6.45, 7) is 3.02. The molecule has 2 aromatic heterocycles. The molecule has 3 aromatic rings. The van der Waals surface area contributed by atoms with Crippen molar-refractivity contribution in [1.82, 2.24) is 24.8 Å². The highest BCUT2D eigenvalue weighted by molar-refractivity contribution is 7.89. The Morgan fingerprint density at radius 3 is 2.51 bits per heavy atom. The van der Waals surface area contributed by atoms with Gasteiger partial charge in [-0.15, -0.1) is 21.5 Å². The van der Waals surface area contributed by atoms with Crippen molar-refractivity contribution in [1.29, 1.82) is 0 Å². The lowest BCUT2D eigenvalue weighted by Crippen LogP contribution is -2.43. The molecule has 188 valence electrons. The van der Waals surface area contributed by atoms with Crippen LogP contribution in [0.4, 0.5) is 8.78 Å². The zero-order valence-corrected chi connectivity index (χ0v) is 21.5. The van der Waals surface area contributed by atoms with E-state index in [1.54, 1.807) is 13.8 Å². The van der Waals surface area contributed by atoms with Crippen molar-refractivity contribution < 1.29 is 26.4 Å². The number of rotatable bonds is 6. The number of nitrogens with zero attached hydrogens (tertiary/aromatic N) is 4. The van der Waals surface area contributed by atoms with Crippen molar-refractivity contribution in [3.63, 3.8) is 0 Å². The average Bonchev–Trinajstić information content (AvgIpc) is 3.44. The van der Waals surface area contributed by atoms with Crippen LogP contribution in [-0.2, 0) is 10.0 Å². The Balaban J connectivity index is 1.79. The summed E-state index contributed by atoms with van der Waals surface area (Å²) in [5.41, 5.74) is 0.177. The molecule has 0 bridgehead atoms. The molecule has 1 fully saturated rings. The summed E-state index contributed by atoms with van der Waals surface area (Å²) in [5.74, 6) is -3.37. The molecule has 1 N–H and O–H groups in total. The monoisotopic (exact) mass is 565 g/mol. The molecule has 35 heavy (non-hydrogen) atoms. The van der Waals surface area contributed by atoms with Gasteiger partial charge in [0, 0.05) is 37.5 Å². The highest BCUT2D eigenvalue weighted by Gasteiger charge is 2.37. The molecule has 0 saturated carbocycles. The van der Waals surface area contributed by atoms with Gasteiger partial charge >= 0.3 is 0 Å². The molecule has 9 nitrogen and oxygen atoms in total. The van der Waals surface area contributed by atoms with E-state index in [0.717, 1.165) is 17.7 Å². The van der Waals surface area contributed by atoms with Gasteiger partial charge in [0.25, 0.3) is 17.7 Å². The number of thiazole rings is 1. The number of hydrogen-bond donors (Lipinski definition) is 1. The van der Waals surface area contributed by atoms with Crippen LogP contribution in [0, 0.1) is 0 Å². The molecule has 15 heteroatoms. The number of amides is 1. The van der Waals surface area contributed by atoms with E-state index in [0.29, 0.717) is 0 Å². The summed E-state index contributed by atoms with van der Waals surface area (Å²) in [5, 5.41) is 7.26. The van der Waals surface area contributed by atoms with Gasteiger partial charge in [0.15, 0.2) is 5.01 Å². The molecule has 1 aromatic carbocycles. The highest BCUT2D eigenvalue weighted by Crippen LogP contribution is 2.43. The maximum Gasteiger partial charge on any atom is 0.276 e. The molecule has 1 aliphatic heterocycles. The van der Waals surface area contributed by atoms with Gasteiger partial charge in [0.1, 0.15) is 10.6 Å². The minimum absolute atomic E-state index is 0.0445. The summed E-state index contributed by atoms with van der Waals surface area (Å²) in [4.78, 5) is 19.0. The summed E-state index contributed by atoms with van der Waals surface area (Å²) in [7, 11) is -3.95. The van der Waals surface area contributed by atoms with Crippen molar-refractivity contribution in [3.8, 4) is 21.3 Å². The number of carbonyl (C=O) groups is 1. The van der Waals surface area contributed by atoms with E-state index in [2.05, 4.69) is 19.9 Å². The Kier molecular flexibility index (Phi) is 7.17. The number of sulfonamides is 1. The SMILES string of the molecule is CC(C)NS(=O)(=O)c1ccc(-c2sc(-c3nnco3)nc2C(=O)N2CCC(F)(F)CC2)c(Cl)c1Cl. The van der Waals surface area contributed by atoms with Crippen LogP contribution in [0.25, 0.3) is 21.3 Å². The number of alkyl halides is 2. The maximum atomic E-state index is 13.6. The first kappa shape index (κ1) is 25.9. The van der Waals surface area contributed by atoms with Gasteiger partial charge in [-0.25, -0.2) is 26.9 Å². The van der Waals surface area contributed by atoms with Crippen molar-refractivity contribution >= 4 is 50.5 Å². The first-order valence-corrected chi connectivity index (χ1v) is 13.4. The lowest BCUT2D eigenvalue weighted by Gasteiger charge is -2.31. The third kappa shape index (κ3) is 5.33. The van der Waals surface area contributed by atoms with Crippen LogP contribution in [0.15, 0.2) is 27.8 Å². The molecule has 0 unspecified atom stereocenters. The molecule has 0 spiro atoms. The van der Waals surface area contributed by atoms with E-state index in [1.165, 1.54) is 17.0 Å². The van der Waals surface area contributed by atoms with E-state index >= 15 is 0 Å². The van der Waals surface area contributed by atoms with Crippen LogP contribution in [0.3, 0.4) is 0 Å². The largest absolute Gasteiger partial charge is 0.422 e. The van der Waals surface area contributed by atoms with Gasteiger partial charge in [-0.2, -0.15) is 0 Å². The first-order valence-electron chi connectivity index (χ1n) is 10.3. The Morgan fingerprint density at radius 1 is 1.23 bits per heavy atom. The van der Waals surface area contributed by atoms with Gasteiger partial charge < -0.3 is 9.32 Å². The van der Waals surface area contributed by atoms with Crippen molar-refractivity contribution in [2.24, 2.45) is 0 Å². The predicted molar refractivity (Wildman–Crippen MR) is 126 cm³/mol. The molecule has 1 aliphatic rings. The number of nitrogens with one attached hydrogen (secondary N) is 1. The standard InChI is InChI=1S/C20H19Cl2F2N5O4S2/c1-10(2)28-35(31,32)12-4-3-11(13(21)14(12)22)16-15(26-18(34-16)17-27-25-9-33-17)19(30)29-7-5-20(23,24)6-8-29/h3-4,9-10,28H,5-8H2,1-2H3.